The molecule has 66 valence electrons. The fourth-order valence-corrected chi connectivity index (χ4v) is 1.09. The SMILES string of the molecule is Cc1c(CO)ncnc1N(C)C. The number of hydrogen-bond donors (Lipinski definition) is 1. The molecule has 0 spiro atoms. The number of aliphatic hydroxyl groups is 1. The second-order valence-electron chi connectivity index (χ2n) is 2.82. The number of hydrogen-bond acceptors (Lipinski definition) is 4. The molecule has 0 amide bonds. The minimum Gasteiger partial charge on any atom is -0.390 e. The maximum Gasteiger partial charge on any atom is 0.134 e. The third-order valence-electron chi connectivity index (χ3n) is 1.74. The average molecular weight is 167 g/mol. The highest BCUT2D eigenvalue weighted by atomic mass is 16.3. The number of nitrogens with zero attached hydrogens (tertiary/aromatic N) is 3. The second-order valence-corrected chi connectivity index (χ2v) is 2.82. The van der Waals surface area contributed by atoms with Crippen LogP contribution in [0.5, 0.6) is 0 Å². The van der Waals surface area contributed by atoms with Crippen LogP contribution in [-0.4, -0.2) is 29.2 Å². The van der Waals surface area contributed by atoms with E-state index in [-0.39, 0.29) is 6.61 Å². The van der Waals surface area contributed by atoms with E-state index in [2.05, 4.69) is 9.97 Å². The van der Waals surface area contributed by atoms with Crippen molar-refractivity contribution in [2.75, 3.05) is 19.0 Å². The predicted octanol–water partition coefficient (Wildman–Crippen LogP) is 0.343. The Labute approximate surface area is 71.9 Å². The van der Waals surface area contributed by atoms with Crippen LogP contribution in [-0.2, 0) is 6.61 Å². The van der Waals surface area contributed by atoms with E-state index in [4.69, 9.17) is 5.11 Å². The monoisotopic (exact) mass is 167 g/mol. The summed E-state index contributed by atoms with van der Waals surface area (Å²) in [4.78, 5) is 9.94. The lowest BCUT2D eigenvalue weighted by molar-refractivity contribution is 0.275. The first kappa shape index (κ1) is 8.93. The first-order valence-corrected chi connectivity index (χ1v) is 3.75. The molecule has 0 radical (unpaired) electrons. The lowest BCUT2D eigenvalue weighted by Gasteiger charge is -2.14. The van der Waals surface area contributed by atoms with Gasteiger partial charge in [-0.05, 0) is 6.92 Å². The van der Waals surface area contributed by atoms with Crippen LogP contribution in [0.4, 0.5) is 5.82 Å². The normalized spacial score (nSPS) is 10.0. The molecule has 1 aromatic rings. The molecule has 0 fully saturated rings. The van der Waals surface area contributed by atoms with Crippen molar-refractivity contribution in [2.24, 2.45) is 0 Å². The Morgan fingerprint density at radius 1 is 1.42 bits per heavy atom. The van der Waals surface area contributed by atoms with E-state index in [0.717, 1.165) is 11.4 Å². The van der Waals surface area contributed by atoms with Crippen LogP contribution >= 0.6 is 0 Å². The predicted molar refractivity (Wildman–Crippen MR) is 47.0 cm³/mol. The zero-order valence-electron chi connectivity index (χ0n) is 7.57. The quantitative estimate of drug-likeness (QED) is 0.690. The minimum atomic E-state index is -0.0325. The van der Waals surface area contributed by atoms with E-state index in [1.807, 2.05) is 25.9 Å². The molecule has 1 rings (SSSR count). The topological polar surface area (TPSA) is 49.3 Å². The van der Waals surface area contributed by atoms with Gasteiger partial charge in [0.2, 0.25) is 0 Å². The van der Waals surface area contributed by atoms with Gasteiger partial charge in [0, 0.05) is 19.7 Å². The van der Waals surface area contributed by atoms with Crippen LogP contribution in [0.1, 0.15) is 11.3 Å². The van der Waals surface area contributed by atoms with Crippen molar-refractivity contribution in [1.82, 2.24) is 9.97 Å². The van der Waals surface area contributed by atoms with Crippen LogP contribution in [0.3, 0.4) is 0 Å². The zero-order chi connectivity index (χ0) is 9.14. The largest absolute Gasteiger partial charge is 0.390 e. The molecular weight excluding hydrogens is 154 g/mol. The highest BCUT2D eigenvalue weighted by molar-refractivity contribution is 5.45. The molecule has 4 heteroatoms. The third kappa shape index (κ3) is 1.53. The van der Waals surface area contributed by atoms with Crippen molar-refractivity contribution in [3.8, 4) is 0 Å². The maximum absolute atomic E-state index is 8.92. The number of aliphatic hydroxyl groups excluding tert-OH is 1. The molecule has 4 nitrogen and oxygen atoms in total. The number of aromatic nitrogens is 2. The van der Waals surface area contributed by atoms with Gasteiger partial charge in [0.1, 0.15) is 12.1 Å². The van der Waals surface area contributed by atoms with E-state index in [0.29, 0.717) is 5.69 Å². The lowest BCUT2D eigenvalue weighted by atomic mass is 10.2. The van der Waals surface area contributed by atoms with Gasteiger partial charge in [-0.3, -0.25) is 0 Å². The van der Waals surface area contributed by atoms with E-state index in [1.54, 1.807) is 0 Å². The van der Waals surface area contributed by atoms with Gasteiger partial charge in [-0.2, -0.15) is 0 Å². The Morgan fingerprint density at radius 3 is 2.58 bits per heavy atom. The van der Waals surface area contributed by atoms with Crippen molar-refractivity contribution in [2.45, 2.75) is 13.5 Å². The standard InChI is InChI=1S/C8H13N3O/c1-6-7(4-12)9-5-10-8(6)11(2)3/h5,12H,4H2,1-3H3. The highest BCUT2D eigenvalue weighted by Gasteiger charge is 2.06. The van der Waals surface area contributed by atoms with Crippen LogP contribution < -0.4 is 4.90 Å². The molecule has 1 heterocycles. The Morgan fingerprint density at radius 2 is 2.08 bits per heavy atom. The fourth-order valence-electron chi connectivity index (χ4n) is 1.09. The Hall–Kier alpha value is -1.16. The van der Waals surface area contributed by atoms with Crippen LogP contribution in [0.25, 0.3) is 0 Å². The molecule has 0 unspecified atom stereocenters. The van der Waals surface area contributed by atoms with Crippen LogP contribution in [0.2, 0.25) is 0 Å². The van der Waals surface area contributed by atoms with Gasteiger partial charge < -0.3 is 10.0 Å². The summed E-state index contributed by atoms with van der Waals surface area (Å²) in [7, 11) is 3.83. The van der Waals surface area contributed by atoms with Gasteiger partial charge >= 0.3 is 0 Å². The Balaban J connectivity index is 3.14. The first-order valence-electron chi connectivity index (χ1n) is 3.75. The smallest absolute Gasteiger partial charge is 0.134 e. The molecule has 12 heavy (non-hydrogen) atoms. The van der Waals surface area contributed by atoms with Crippen LogP contribution in [0, 0.1) is 6.92 Å². The summed E-state index contributed by atoms with van der Waals surface area (Å²) >= 11 is 0. The average Bonchev–Trinajstić information content (AvgIpc) is 2.04. The molecular formula is C8H13N3O. The van der Waals surface area contributed by atoms with Gasteiger partial charge in [0.15, 0.2) is 0 Å². The summed E-state index contributed by atoms with van der Waals surface area (Å²) in [6, 6.07) is 0. The molecule has 0 aliphatic heterocycles. The fraction of sp³-hybridized carbons (Fsp3) is 0.500. The van der Waals surface area contributed by atoms with Crippen molar-refractivity contribution >= 4 is 5.82 Å². The molecule has 0 saturated carbocycles. The highest BCUT2D eigenvalue weighted by Crippen LogP contribution is 2.15. The maximum atomic E-state index is 8.92. The molecule has 0 aliphatic carbocycles. The van der Waals surface area contributed by atoms with Crippen molar-refractivity contribution < 1.29 is 5.11 Å². The van der Waals surface area contributed by atoms with E-state index < -0.39 is 0 Å². The summed E-state index contributed by atoms with van der Waals surface area (Å²) in [5.41, 5.74) is 1.62. The summed E-state index contributed by atoms with van der Waals surface area (Å²) in [6.07, 6.45) is 1.47. The molecule has 0 bridgehead atoms. The van der Waals surface area contributed by atoms with Gasteiger partial charge in [-0.15, -0.1) is 0 Å². The molecule has 0 atom stereocenters. The summed E-state index contributed by atoms with van der Waals surface area (Å²) in [6.45, 7) is 1.87. The summed E-state index contributed by atoms with van der Waals surface area (Å²) < 4.78 is 0. The lowest BCUT2D eigenvalue weighted by Crippen LogP contribution is -2.14. The van der Waals surface area contributed by atoms with Crippen molar-refractivity contribution in [3.63, 3.8) is 0 Å². The minimum absolute atomic E-state index is 0.0325. The zero-order valence-corrected chi connectivity index (χ0v) is 7.57. The van der Waals surface area contributed by atoms with E-state index in [9.17, 15) is 0 Å². The third-order valence-corrected chi connectivity index (χ3v) is 1.74. The van der Waals surface area contributed by atoms with Crippen LogP contribution in [0.15, 0.2) is 6.33 Å². The molecule has 0 aromatic carbocycles. The van der Waals surface area contributed by atoms with Gasteiger partial charge in [-0.1, -0.05) is 0 Å². The second kappa shape index (κ2) is 3.49. The van der Waals surface area contributed by atoms with Crippen molar-refractivity contribution in [1.29, 1.82) is 0 Å². The Kier molecular flexibility index (Phi) is 2.60. The van der Waals surface area contributed by atoms with Crippen molar-refractivity contribution in [3.05, 3.63) is 17.6 Å². The number of anilines is 1. The molecule has 0 saturated heterocycles. The first-order chi connectivity index (χ1) is 5.66. The molecule has 1 N–H and O–H groups in total. The van der Waals surface area contributed by atoms with E-state index >= 15 is 0 Å². The van der Waals surface area contributed by atoms with Gasteiger partial charge in [-0.25, -0.2) is 9.97 Å². The summed E-state index contributed by atoms with van der Waals surface area (Å²) in [5.74, 6) is 0.856. The number of rotatable bonds is 2. The Bertz CT molecular complexity index is 273. The van der Waals surface area contributed by atoms with E-state index in [1.165, 1.54) is 6.33 Å². The van der Waals surface area contributed by atoms with Gasteiger partial charge in [0.25, 0.3) is 0 Å². The molecule has 0 aliphatic rings. The van der Waals surface area contributed by atoms with Gasteiger partial charge in [0.05, 0.1) is 12.3 Å². The molecule has 1 aromatic heterocycles. The summed E-state index contributed by atoms with van der Waals surface area (Å²) in [5, 5.41) is 8.92.